The van der Waals surface area contributed by atoms with E-state index in [1.54, 1.807) is 0 Å². The minimum absolute atomic E-state index is 0.0637. The maximum absolute atomic E-state index is 12.3. The molecular formula is C15H24N4O3S. The fourth-order valence-electron chi connectivity index (χ4n) is 3.15. The van der Waals surface area contributed by atoms with E-state index in [1.165, 1.54) is 4.90 Å². The molecule has 0 unspecified atom stereocenters. The van der Waals surface area contributed by atoms with Gasteiger partial charge in [0.05, 0.1) is 11.8 Å². The first-order valence-corrected chi connectivity index (χ1v) is 8.51. The largest absolute Gasteiger partial charge is 0.359 e. The van der Waals surface area contributed by atoms with E-state index >= 15 is 0 Å². The summed E-state index contributed by atoms with van der Waals surface area (Å²) in [5.41, 5.74) is 5.06. The van der Waals surface area contributed by atoms with E-state index in [0.29, 0.717) is 5.11 Å². The van der Waals surface area contributed by atoms with Crippen LogP contribution in [0.4, 0.5) is 0 Å². The van der Waals surface area contributed by atoms with Gasteiger partial charge >= 0.3 is 0 Å². The number of thiocarbonyl (C=S) groups is 1. The van der Waals surface area contributed by atoms with Crippen LogP contribution in [-0.4, -0.2) is 40.3 Å². The van der Waals surface area contributed by atoms with Crippen LogP contribution in [0.3, 0.4) is 0 Å². The lowest BCUT2D eigenvalue weighted by Gasteiger charge is -2.19. The third-order valence-corrected chi connectivity index (χ3v) is 4.45. The highest BCUT2D eigenvalue weighted by atomic mass is 32.1. The first-order valence-electron chi connectivity index (χ1n) is 8.10. The van der Waals surface area contributed by atoms with Crippen LogP contribution in [0.1, 0.15) is 46.0 Å². The summed E-state index contributed by atoms with van der Waals surface area (Å²) in [5, 5.41) is 3.26. The summed E-state index contributed by atoms with van der Waals surface area (Å²) in [4.78, 5) is 37.6. The Labute approximate surface area is 141 Å². The van der Waals surface area contributed by atoms with Crippen molar-refractivity contribution >= 4 is 35.1 Å². The molecule has 0 spiro atoms. The molecule has 0 bridgehead atoms. The quantitative estimate of drug-likeness (QED) is 0.391. The van der Waals surface area contributed by atoms with Crippen molar-refractivity contribution in [3.8, 4) is 0 Å². The molecule has 1 aliphatic carbocycles. The van der Waals surface area contributed by atoms with Crippen LogP contribution in [-0.2, 0) is 14.4 Å². The van der Waals surface area contributed by atoms with Gasteiger partial charge in [-0.2, -0.15) is 0 Å². The molecule has 0 aromatic carbocycles. The van der Waals surface area contributed by atoms with Gasteiger partial charge in [-0.15, -0.1) is 0 Å². The van der Waals surface area contributed by atoms with Crippen molar-refractivity contribution in [2.75, 3.05) is 6.54 Å². The summed E-state index contributed by atoms with van der Waals surface area (Å²) < 4.78 is 0. The lowest BCUT2D eigenvalue weighted by Crippen LogP contribution is -2.49. The van der Waals surface area contributed by atoms with Crippen LogP contribution in [0.25, 0.3) is 0 Å². The van der Waals surface area contributed by atoms with E-state index in [4.69, 9.17) is 12.2 Å². The highest BCUT2D eigenvalue weighted by Crippen LogP contribution is 2.37. The Morgan fingerprint density at radius 1 is 1.17 bits per heavy atom. The highest BCUT2D eigenvalue weighted by molar-refractivity contribution is 7.80. The Hall–Kier alpha value is -1.70. The minimum atomic E-state index is -0.312. The van der Waals surface area contributed by atoms with Crippen LogP contribution in [0.15, 0.2) is 0 Å². The number of fused-ring (bicyclic) bond motifs is 1. The fraction of sp³-hybridized carbons (Fsp3) is 0.733. The van der Waals surface area contributed by atoms with Gasteiger partial charge in [0.1, 0.15) is 0 Å². The molecule has 2 atom stereocenters. The average molecular weight is 340 g/mol. The van der Waals surface area contributed by atoms with Crippen molar-refractivity contribution in [2.24, 2.45) is 11.8 Å². The third-order valence-electron chi connectivity index (χ3n) is 4.23. The molecule has 7 nitrogen and oxygen atoms in total. The molecule has 23 heavy (non-hydrogen) atoms. The first kappa shape index (κ1) is 17.7. The van der Waals surface area contributed by atoms with Gasteiger partial charge in [-0.1, -0.05) is 12.8 Å². The summed E-state index contributed by atoms with van der Waals surface area (Å²) in [6.07, 6.45) is 3.63. The predicted molar refractivity (Wildman–Crippen MR) is 88.9 cm³/mol. The van der Waals surface area contributed by atoms with E-state index in [-0.39, 0.29) is 48.6 Å². The summed E-state index contributed by atoms with van der Waals surface area (Å²) >= 11 is 4.99. The summed E-state index contributed by atoms with van der Waals surface area (Å²) in [5.74, 6) is -0.871. The second-order valence-electron chi connectivity index (χ2n) is 6.38. The van der Waals surface area contributed by atoms with Crippen molar-refractivity contribution in [3.63, 3.8) is 0 Å². The lowest BCUT2D eigenvalue weighted by molar-refractivity contribution is -0.140. The molecule has 128 valence electrons. The van der Waals surface area contributed by atoms with E-state index in [9.17, 15) is 14.4 Å². The predicted octanol–water partition coefficient (Wildman–Crippen LogP) is 0.455. The number of imide groups is 1. The lowest BCUT2D eigenvalue weighted by atomic mass is 9.81. The zero-order chi connectivity index (χ0) is 17.0. The Balaban J connectivity index is 1.77. The second-order valence-corrected chi connectivity index (χ2v) is 6.79. The van der Waals surface area contributed by atoms with Crippen molar-refractivity contribution in [2.45, 2.75) is 52.0 Å². The van der Waals surface area contributed by atoms with Gasteiger partial charge in [-0.3, -0.25) is 30.1 Å². The van der Waals surface area contributed by atoms with Crippen LogP contribution < -0.4 is 16.2 Å². The fourth-order valence-corrected chi connectivity index (χ4v) is 3.44. The van der Waals surface area contributed by atoms with Crippen LogP contribution in [0.2, 0.25) is 0 Å². The molecule has 1 heterocycles. The summed E-state index contributed by atoms with van der Waals surface area (Å²) in [7, 11) is 0. The maximum atomic E-state index is 12.3. The van der Waals surface area contributed by atoms with Gasteiger partial charge < -0.3 is 5.32 Å². The molecule has 1 aliphatic heterocycles. The topological polar surface area (TPSA) is 90.5 Å². The van der Waals surface area contributed by atoms with Gasteiger partial charge in [0.15, 0.2) is 5.11 Å². The zero-order valence-corrected chi connectivity index (χ0v) is 14.4. The number of carbonyl (C=O) groups excluding carboxylic acids is 3. The molecule has 2 fully saturated rings. The van der Waals surface area contributed by atoms with Gasteiger partial charge in [0.25, 0.3) is 0 Å². The van der Waals surface area contributed by atoms with Gasteiger partial charge in [-0.05, 0) is 38.9 Å². The van der Waals surface area contributed by atoms with Gasteiger partial charge in [0.2, 0.25) is 17.7 Å². The third kappa shape index (κ3) is 4.40. The number of carbonyl (C=O) groups is 3. The smallest absolute Gasteiger partial charge is 0.240 e. The van der Waals surface area contributed by atoms with E-state index in [1.807, 2.05) is 13.8 Å². The molecule has 2 aliphatic rings. The highest BCUT2D eigenvalue weighted by Gasteiger charge is 2.47. The molecule has 3 N–H and O–H groups in total. The number of nitrogens with zero attached hydrogens (tertiary/aromatic N) is 1. The molecule has 0 aromatic rings. The van der Waals surface area contributed by atoms with E-state index in [2.05, 4.69) is 16.2 Å². The number of hydrazine groups is 1. The first-order chi connectivity index (χ1) is 10.9. The number of nitrogens with one attached hydrogen (secondary N) is 3. The van der Waals surface area contributed by atoms with Gasteiger partial charge in [0, 0.05) is 19.0 Å². The standard InChI is InChI=1S/C15H24N4O3S/c1-9(2)16-15(23)18-17-12(20)7-8-19-13(21)10-5-3-4-6-11(10)14(19)22/h9-11H,3-8H2,1-2H3,(H,17,20)(H2,16,18,23)/t10-,11-/m1/s1. The number of hydrogen-bond donors (Lipinski definition) is 3. The summed E-state index contributed by atoms with van der Waals surface area (Å²) in [6, 6.07) is 0.162. The van der Waals surface area contributed by atoms with Crippen molar-refractivity contribution < 1.29 is 14.4 Å². The minimum Gasteiger partial charge on any atom is -0.359 e. The normalized spacial score (nSPS) is 23.7. The number of hydrogen-bond acceptors (Lipinski definition) is 4. The Morgan fingerprint density at radius 2 is 1.74 bits per heavy atom. The number of rotatable bonds is 4. The number of likely N-dealkylation sites (tertiary alicyclic amines) is 1. The van der Waals surface area contributed by atoms with Crippen LogP contribution in [0, 0.1) is 11.8 Å². The maximum Gasteiger partial charge on any atom is 0.240 e. The van der Waals surface area contributed by atoms with Crippen LogP contribution >= 0.6 is 12.2 Å². The van der Waals surface area contributed by atoms with Crippen LogP contribution in [0.5, 0.6) is 0 Å². The van der Waals surface area contributed by atoms with E-state index in [0.717, 1.165) is 25.7 Å². The van der Waals surface area contributed by atoms with Crippen molar-refractivity contribution in [1.82, 2.24) is 21.1 Å². The second kappa shape index (κ2) is 7.72. The molecule has 2 rings (SSSR count). The number of amides is 3. The Bertz CT molecular complexity index is 485. The average Bonchev–Trinajstić information content (AvgIpc) is 2.75. The Morgan fingerprint density at radius 3 is 2.26 bits per heavy atom. The van der Waals surface area contributed by atoms with Crippen molar-refractivity contribution in [1.29, 1.82) is 0 Å². The molecule has 0 radical (unpaired) electrons. The molecule has 1 saturated carbocycles. The zero-order valence-electron chi connectivity index (χ0n) is 13.6. The molecule has 0 aromatic heterocycles. The van der Waals surface area contributed by atoms with Crippen molar-refractivity contribution in [3.05, 3.63) is 0 Å². The van der Waals surface area contributed by atoms with Gasteiger partial charge in [-0.25, -0.2) is 0 Å². The molecule has 1 saturated heterocycles. The van der Waals surface area contributed by atoms with E-state index < -0.39 is 0 Å². The molecular weight excluding hydrogens is 316 g/mol. The Kier molecular flexibility index (Phi) is 5.92. The summed E-state index contributed by atoms with van der Waals surface area (Å²) in [6.45, 7) is 3.99. The monoisotopic (exact) mass is 340 g/mol. The molecule has 3 amide bonds. The molecule has 8 heteroatoms. The SMILES string of the molecule is CC(C)NC(=S)NNC(=O)CCN1C(=O)[C@@H]2CCCC[C@H]2C1=O.